The Bertz CT molecular complexity index is 1310. The molecule has 3 heterocycles. The summed E-state index contributed by atoms with van der Waals surface area (Å²) in [5.41, 5.74) is 1.17. The SMILES string of the molecule is C[C@@]1(O)C(F)[C@@](F)(COP(=O)(O)OP(=O)(O)OP(=O)(O)O)O[C@H]1n1cnc2c(=O)[nH]c(N)nc21. The van der Waals surface area contributed by atoms with Gasteiger partial charge in [0.2, 0.25) is 5.95 Å². The van der Waals surface area contributed by atoms with Gasteiger partial charge in [0.05, 0.1) is 6.33 Å². The van der Waals surface area contributed by atoms with Crippen molar-refractivity contribution in [2.45, 2.75) is 30.8 Å². The van der Waals surface area contributed by atoms with Gasteiger partial charge in [0.1, 0.15) is 12.2 Å². The molecule has 0 bridgehead atoms. The van der Waals surface area contributed by atoms with Crippen LogP contribution < -0.4 is 11.3 Å². The van der Waals surface area contributed by atoms with Gasteiger partial charge < -0.3 is 35.2 Å². The molecule has 1 fully saturated rings. The molecule has 0 aliphatic carbocycles. The van der Waals surface area contributed by atoms with Crippen LogP contribution in [0.5, 0.6) is 0 Å². The number of halogens is 2. The number of phosphoric ester groups is 1. The van der Waals surface area contributed by atoms with E-state index in [2.05, 4.69) is 28.1 Å². The molecule has 1 aliphatic heterocycles. The average Bonchev–Trinajstić information content (AvgIpc) is 3.11. The first-order valence-electron chi connectivity index (χ1n) is 8.50. The zero-order valence-electron chi connectivity index (χ0n) is 16.5. The van der Waals surface area contributed by atoms with Gasteiger partial charge in [-0.25, -0.2) is 27.5 Å². The highest BCUT2D eigenvalue weighted by Gasteiger charge is 2.65. The standard InChI is InChI=1S/C11H16F2N5O13P3/c1-10(20)7(12)11(13,2-28-33(24,25)31-34(26,27)30-32(21,22)23)29-8(10)18-3-15-4-5(18)16-9(14)17-6(4)19/h3,7-8,20H,2H2,1H3,(H,24,25)(H,26,27)(H2,21,22,23)(H3,14,16,17,19)/t7?,8-,10-,11-/m1/s1. The van der Waals surface area contributed by atoms with Crippen molar-refractivity contribution in [3.8, 4) is 0 Å². The Morgan fingerprint density at radius 2 is 1.88 bits per heavy atom. The van der Waals surface area contributed by atoms with E-state index in [1.54, 1.807) is 0 Å². The molecule has 3 rings (SSSR count). The number of ether oxygens (including phenoxy) is 1. The van der Waals surface area contributed by atoms with E-state index in [0.29, 0.717) is 0 Å². The third kappa shape index (κ3) is 5.43. The minimum Gasteiger partial charge on any atom is -0.382 e. The van der Waals surface area contributed by atoms with Crippen molar-refractivity contribution in [2.75, 3.05) is 12.3 Å². The molecule has 6 atom stereocenters. The van der Waals surface area contributed by atoms with Crippen molar-refractivity contribution in [1.29, 1.82) is 0 Å². The summed E-state index contributed by atoms with van der Waals surface area (Å²) in [6, 6.07) is 0. The number of imidazole rings is 1. The third-order valence-electron chi connectivity index (χ3n) is 4.24. The molecule has 0 saturated carbocycles. The van der Waals surface area contributed by atoms with E-state index in [9.17, 15) is 32.9 Å². The molecule has 2 aromatic rings. The number of hydrogen-bond acceptors (Lipinski definition) is 12. The number of H-pyrrole nitrogens is 1. The average molecular weight is 557 g/mol. The number of aromatic nitrogens is 4. The number of anilines is 1. The van der Waals surface area contributed by atoms with Gasteiger partial charge in [-0.3, -0.25) is 18.9 Å². The number of nitrogen functional groups attached to an aromatic ring is 1. The maximum Gasteiger partial charge on any atom is 0.490 e. The molecule has 18 nitrogen and oxygen atoms in total. The molecule has 3 unspecified atom stereocenters. The van der Waals surface area contributed by atoms with Crippen molar-refractivity contribution in [3.63, 3.8) is 0 Å². The quantitative estimate of drug-likeness (QED) is 0.198. The lowest BCUT2D eigenvalue weighted by atomic mass is 9.97. The number of fused-ring (bicyclic) bond motifs is 1. The zero-order valence-corrected chi connectivity index (χ0v) is 19.1. The lowest BCUT2D eigenvalue weighted by molar-refractivity contribution is -0.193. The van der Waals surface area contributed by atoms with E-state index in [4.69, 9.17) is 25.2 Å². The van der Waals surface area contributed by atoms with Crippen LogP contribution in [0.25, 0.3) is 11.2 Å². The van der Waals surface area contributed by atoms with Gasteiger partial charge in [-0.2, -0.15) is 13.6 Å². The van der Waals surface area contributed by atoms with Gasteiger partial charge in [0, 0.05) is 0 Å². The van der Waals surface area contributed by atoms with Gasteiger partial charge in [-0.05, 0) is 6.92 Å². The summed E-state index contributed by atoms with van der Waals surface area (Å²) in [6.07, 6.45) is -4.18. The fraction of sp³-hybridized carbons (Fsp3) is 0.545. The zero-order chi connectivity index (χ0) is 25.9. The Hall–Kier alpha value is -1.66. The van der Waals surface area contributed by atoms with Gasteiger partial charge in [0.15, 0.2) is 23.6 Å². The molecule has 0 aromatic carbocycles. The molecule has 23 heteroatoms. The molecule has 192 valence electrons. The normalized spacial score (nSPS) is 31.4. The molecule has 0 radical (unpaired) electrons. The number of phosphoric acid groups is 3. The summed E-state index contributed by atoms with van der Waals surface area (Å²) in [4.78, 5) is 57.0. The van der Waals surface area contributed by atoms with Crippen LogP contribution in [-0.4, -0.2) is 68.4 Å². The van der Waals surface area contributed by atoms with Crippen molar-refractivity contribution in [1.82, 2.24) is 19.5 Å². The fourth-order valence-corrected chi connectivity index (χ4v) is 5.99. The Labute approximate surface area is 185 Å². The van der Waals surface area contributed by atoms with Gasteiger partial charge in [-0.15, -0.1) is 0 Å². The van der Waals surface area contributed by atoms with Crippen LogP contribution in [0.2, 0.25) is 0 Å². The maximum atomic E-state index is 15.2. The topological polar surface area (TPSA) is 279 Å². The minimum atomic E-state index is -5.92. The van der Waals surface area contributed by atoms with E-state index >= 15 is 4.39 Å². The Morgan fingerprint density at radius 1 is 1.26 bits per heavy atom. The molecule has 34 heavy (non-hydrogen) atoms. The van der Waals surface area contributed by atoms with E-state index in [0.717, 1.165) is 17.8 Å². The van der Waals surface area contributed by atoms with Crippen LogP contribution in [0.4, 0.5) is 14.7 Å². The van der Waals surface area contributed by atoms with Crippen LogP contribution in [-0.2, 0) is 31.6 Å². The summed E-state index contributed by atoms with van der Waals surface area (Å²) < 4.78 is 80.4. The summed E-state index contributed by atoms with van der Waals surface area (Å²) in [6.45, 7) is -1.09. The predicted octanol–water partition coefficient (Wildman–Crippen LogP) is -0.671. The molecular weight excluding hydrogens is 541 g/mol. The third-order valence-corrected chi connectivity index (χ3v) is 8.03. The first kappa shape index (κ1) is 26.9. The van der Waals surface area contributed by atoms with Crippen LogP contribution >= 0.6 is 23.5 Å². The summed E-state index contributed by atoms with van der Waals surface area (Å²) in [5.74, 6) is -4.13. The highest BCUT2D eigenvalue weighted by molar-refractivity contribution is 7.66. The summed E-state index contributed by atoms with van der Waals surface area (Å²) in [7, 11) is -17.4. The Balaban J connectivity index is 1.84. The van der Waals surface area contributed by atoms with Gasteiger partial charge >= 0.3 is 23.5 Å². The second-order valence-corrected chi connectivity index (χ2v) is 11.4. The van der Waals surface area contributed by atoms with Gasteiger partial charge in [0.25, 0.3) is 11.4 Å². The van der Waals surface area contributed by atoms with Crippen molar-refractivity contribution >= 4 is 40.6 Å². The lowest BCUT2D eigenvalue weighted by Crippen LogP contribution is -2.46. The molecule has 2 aromatic heterocycles. The lowest BCUT2D eigenvalue weighted by Gasteiger charge is -2.26. The smallest absolute Gasteiger partial charge is 0.382 e. The second-order valence-electron chi connectivity index (χ2n) is 6.98. The molecule has 8 N–H and O–H groups in total. The summed E-state index contributed by atoms with van der Waals surface area (Å²) >= 11 is 0. The Morgan fingerprint density at radius 3 is 2.47 bits per heavy atom. The van der Waals surface area contributed by atoms with Crippen molar-refractivity contribution in [3.05, 3.63) is 16.7 Å². The van der Waals surface area contributed by atoms with E-state index in [1.165, 1.54) is 0 Å². The van der Waals surface area contributed by atoms with Crippen molar-refractivity contribution < 1.29 is 65.0 Å². The van der Waals surface area contributed by atoms with E-state index < -0.39 is 65.4 Å². The highest BCUT2D eigenvalue weighted by atomic mass is 31.3. The molecule has 1 aliphatic rings. The van der Waals surface area contributed by atoms with Crippen LogP contribution in [0.3, 0.4) is 0 Å². The number of nitrogens with zero attached hydrogens (tertiary/aromatic N) is 3. The number of aliphatic hydroxyl groups is 1. The fourth-order valence-electron chi connectivity index (χ4n) is 2.96. The number of nitrogens with two attached hydrogens (primary N) is 1. The van der Waals surface area contributed by atoms with E-state index in [1.807, 2.05) is 0 Å². The first-order valence-corrected chi connectivity index (χ1v) is 13.0. The highest BCUT2D eigenvalue weighted by Crippen LogP contribution is 2.66. The Kier molecular flexibility index (Phi) is 6.72. The minimum absolute atomic E-state index is 0.339. The predicted molar refractivity (Wildman–Crippen MR) is 102 cm³/mol. The van der Waals surface area contributed by atoms with Crippen LogP contribution in [0, 0.1) is 0 Å². The number of hydrogen-bond donors (Lipinski definition) is 7. The molecule has 1 saturated heterocycles. The monoisotopic (exact) mass is 557 g/mol. The largest absolute Gasteiger partial charge is 0.490 e. The number of nitrogens with one attached hydrogen (secondary N) is 1. The van der Waals surface area contributed by atoms with Crippen LogP contribution in [0.15, 0.2) is 11.1 Å². The van der Waals surface area contributed by atoms with Crippen molar-refractivity contribution in [2.24, 2.45) is 0 Å². The molecule has 0 spiro atoms. The number of aromatic amines is 1. The number of rotatable bonds is 8. The first-order chi connectivity index (χ1) is 15.3. The second kappa shape index (κ2) is 8.48. The maximum absolute atomic E-state index is 15.2. The summed E-state index contributed by atoms with van der Waals surface area (Å²) in [5, 5.41) is 10.5. The van der Waals surface area contributed by atoms with Crippen LogP contribution in [0.1, 0.15) is 13.2 Å². The van der Waals surface area contributed by atoms with Gasteiger partial charge in [-0.1, -0.05) is 0 Å². The molecule has 0 amide bonds. The van der Waals surface area contributed by atoms with E-state index in [-0.39, 0.29) is 11.2 Å². The molecular formula is C11H16F2N5O13P3. The number of alkyl halides is 2.